The summed E-state index contributed by atoms with van der Waals surface area (Å²) in [5.41, 5.74) is 0. The van der Waals surface area contributed by atoms with Crippen molar-refractivity contribution in [1.29, 1.82) is 0 Å². The van der Waals surface area contributed by atoms with Gasteiger partial charge in [0.05, 0.1) is 0 Å². The van der Waals surface area contributed by atoms with Crippen LogP contribution in [0.15, 0.2) is 0 Å². The molecule has 0 aliphatic rings. The Bertz CT molecular complexity index is 130. The zero-order valence-electron chi connectivity index (χ0n) is 10.9. The van der Waals surface area contributed by atoms with Crippen molar-refractivity contribution in [3.8, 4) is 0 Å². The summed E-state index contributed by atoms with van der Waals surface area (Å²) in [6, 6.07) is 0. The van der Waals surface area contributed by atoms with E-state index in [0.717, 1.165) is 0 Å². The first-order chi connectivity index (χ1) is 7.18. The van der Waals surface area contributed by atoms with E-state index in [2.05, 4.69) is 35.6 Å². The molecular formula is C13H29BrS. The van der Waals surface area contributed by atoms with Crippen molar-refractivity contribution in [3.05, 3.63) is 0 Å². The van der Waals surface area contributed by atoms with Gasteiger partial charge in [0.25, 0.3) is 0 Å². The summed E-state index contributed by atoms with van der Waals surface area (Å²) in [6.07, 6.45) is 9.80. The van der Waals surface area contributed by atoms with Gasteiger partial charge in [0.2, 0.25) is 0 Å². The number of hydrogen-bond acceptors (Lipinski definition) is 0. The maximum Gasteiger partial charge on any atom is -0.0136 e. The zero-order chi connectivity index (χ0) is 11.6. The molecule has 0 nitrogen and oxygen atoms in total. The predicted octanol–water partition coefficient (Wildman–Crippen LogP) is 5.89. The van der Waals surface area contributed by atoms with Gasteiger partial charge >= 0.3 is 0 Å². The quantitative estimate of drug-likeness (QED) is 0.441. The van der Waals surface area contributed by atoms with Gasteiger partial charge in [0.15, 0.2) is 0 Å². The molecule has 0 radical (unpaired) electrons. The van der Waals surface area contributed by atoms with Gasteiger partial charge in [-0.2, -0.15) is 8.46 Å². The minimum absolute atomic E-state index is 0.414. The molecule has 0 heterocycles. The Balaban J connectivity index is 3.65. The lowest BCUT2D eigenvalue weighted by Gasteiger charge is -2.33. The molecule has 0 spiro atoms. The lowest BCUT2D eigenvalue weighted by atomic mass is 10.2. The van der Waals surface area contributed by atoms with Gasteiger partial charge in [0, 0.05) is 0 Å². The standard InChI is InChI=1S/C13H29BrS/c1-4-7-8-9-10-13-15(14,11-5-2)12-6-3/h4-13H2,1-3H3. The molecule has 0 aliphatic heterocycles. The van der Waals surface area contributed by atoms with Crippen molar-refractivity contribution in [2.75, 3.05) is 17.3 Å². The van der Waals surface area contributed by atoms with Crippen LogP contribution in [0, 0.1) is 0 Å². The van der Waals surface area contributed by atoms with Crippen LogP contribution in [0.1, 0.15) is 65.7 Å². The van der Waals surface area contributed by atoms with Gasteiger partial charge < -0.3 is 0 Å². The second kappa shape index (κ2) is 10.0. The highest BCUT2D eigenvalue weighted by Crippen LogP contribution is 2.57. The van der Waals surface area contributed by atoms with E-state index in [-0.39, 0.29) is 0 Å². The number of unbranched alkanes of at least 4 members (excludes halogenated alkanes) is 4. The summed E-state index contributed by atoms with van der Waals surface area (Å²) in [5.74, 6) is 4.31. The molecule has 0 atom stereocenters. The van der Waals surface area contributed by atoms with Crippen LogP contribution >= 0.6 is 23.3 Å². The lowest BCUT2D eigenvalue weighted by molar-refractivity contribution is 0.658. The first-order valence-corrected chi connectivity index (χ1v) is 10.6. The molecule has 0 aromatic rings. The molecule has 0 aliphatic carbocycles. The van der Waals surface area contributed by atoms with Crippen molar-refractivity contribution in [2.45, 2.75) is 65.7 Å². The van der Waals surface area contributed by atoms with Crippen LogP contribution in [-0.2, 0) is 0 Å². The highest BCUT2D eigenvalue weighted by atomic mass is 79.9. The summed E-state index contributed by atoms with van der Waals surface area (Å²) < 4.78 is 0. The summed E-state index contributed by atoms with van der Waals surface area (Å²) in [7, 11) is -0.414. The average Bonchev–Trinajstić information content (AvgIpc) is 2.18. The van der Waals surface area contributed by atoms with E-state index in [4.69, 9.17) is 0 Å². The van der Waals surface area contributed by atoms with Crippen LogP contribution in [0.4, 0.5) is 0 Å². The topological polar surface area (TPSA) is 0 Å². The Morgan fingerprint density at radius 2 is 1.20 bits per heavy atom. The molecule has 0 N–H and O–H groups in total. The Morgan fingerprint density at radius 1 is 0.667 bits per heavy atom. The summed E-state index contributed by atoms with van der Waals surface area (Å²) >= 11 is 4.06. The van der Waals surface area contributed by atoms with E-state index < -0.39 is 8.46 Å². The highest BCUT2D eigenvalue weighted by Gasteiger charge is 2.17. The van der Waals surface area contributed by atoms with Crippen molar-refractivity contribution in [2.24, 2.45) is 0 Å². The molecule has 0 aromatic heterocycles. The normalized spacial score (nSPS) is 13.1. The highest BCUT2D eigenvalue weighted by molar-refractivity contribution is 9.58. The first-order valence-electron chi connectivity index (χ1n) is 6.64. The zero-order valence-corrected chi connectivity index (χ0v) is 13.3. The monoisotopic (exact) mass is 296 g/mol. The smallest absolute Gasteiger partial charge is 0.0136 e. The van der Waals surface area contributed by atoms with Gasteiger partial charge in [-0.15, -0.1) is 0 Å². The minimum atomic E-state index is -0.414. The maximum absolute atomic E-state index is 4.06. The van der Waals surface area contributed by atoms with Gasteiger partial charge in [-0.25, -0.2) is 0 Å². The Hall–Kier alpha value is 0.830. The van der Waals surface area contributed by atoms with E-state index in [1.165, 1.54) is 62.2 Å². The van der Waals surface area contributed by atoms with Crippen molar-refractivity contribution in [1.82, 2.24) is 0 Å². The fourth-order valence-electron chi connectivity index (χ4n) is 2.00. The molecule has 0 amide bonds. The molecule has 15 heavy (non-hydrogen) atoms. The van der Waals surface area contributed by atoms with Gasteiger partial charge in [-0.1, -0.05) is 46.5 Å². The third-order valence-corrected chi connectivity index (χ3v) is 8.97. The summed E-state index contributed by atoms with van der Waals surface area (Å²) in [4.78, 5) is 0. The van der Waals surface area contributed by atoms with Crippen molar-refractivity contribution in [3.63, 3.8) is 0 Å². The summed E-state index contributed by atoms with van der Waals surface area (Å²) in [5, 5.41) is 0. The van der Waals surface area contributed by atoms with Crippen LogP contribution in [-0.4, -0.2) is 17.3 Å². The Morgan fingerprint density at radius 3 is 1.67 bits per heavy atom. The van der Waals surface area contributed by atoms with Crippen LogP contribution in [0.5, 0.6) is 0 Å². The molecule has 0 saturated carbocycles. The lowest BCUT2D eigenvalue weighted by Crippen LogP contribution is -2.06. The first kappa shape index (κ1) is 15.8. The number of rotatable bonds is 10. The SMILES string of the molecule is CCCCCCCS(Br)(CCC)CCC. The van der Waals surface area contributed by atoms with Gasteiger partial charge in [0.1, 0.15) is 0 Å². The third-order valence-electron chi connectivity index (χ3n) is 2.75. The van der Waals surface area contributed by atoms with E-state index in [1.807, 2.05) is 0 Å². The third kappa shape index (κ3) is 8.62. The van der Waals surface area contributed by atoms with E-state index in [1.54, 1.807) is 0 Å². The van der Waals surface area contributed by atoms with Crippen LogP contribution in [0.25, 0.3) is 0 Å². The van der Waals surface area contributed by atoms with E-state index >= 15 is 0 Å². The molecule has 0 fully saturated rings. The molecule has 2 heteroatoms. The Labute approximate surface area is 106 Å². The van der Waals surface area contributed by atoms with E-state index in [9.17, 15) is 0 Å². The van der Waals surface area contributed by atoms with E-state index in [0.29, 0.717) is 0 Å². The van der Waals surface area contributed by atoms with Crippen LogP contribution in [0.3, 0.4) is 0 Å². The number of hydrogen-bond donors (Lipinski definition) is 0. The largest absolute Gasteiger partial charge is 0.183 e. The van der Waals surface area contributed by atoms with Gasteiger partial charge in [-0.3, -0.25) is 0 Å². The molecule has 0 rings (SSSR count). The number of halogens is 1. The minimum Gasteiger partial charge on any atom is -0.183 e. The molecule has 0 bridgehead atoms. The van der Waals surface area contributed by atoms with Crippen LogP contribution < -0.4 is 0 Å². The van der Waals surface area contributed by atoms with Gasteiger partial charge in [-0.05, 0) is 51.3 Å². The second-order valence-electron chi connectivity index (χ2n) is 4.47. The molecule has 0 saturated heterocycles. The predicted molar refractivity (Wildman–Crippen MR) is 80.5 cm³/mol. The fraction of sp³-hybridized carbons (Fsp3) is 1.00. The van der Waals surface area contributed by atoms with Crippen molar-refractivity contribution >= 4 is 23.3 Å². The summed E-state index contributed by atoms with van der Waals surface area (Å²) in [6.45, 7) is 6.92. The second-order valence-corrected chi connectivity index (χ2v) is 11.7. The van der Waals surface area contributed by atoms with Crippen molar-refractivity contribution < 1.29 is 0 Å². The Kier molecular flexibility index (Phi) is 10.6. The molecule has 0 aromatic carbocycles. The molecular weight excluding hydrogens is 268 g/mol. The fourth-order valence-corrected chi connectivity index (χ4v) is 7.43. The molecule has 94 valence electrons. The van der Waals surface area contributed by atoms with Crippen LogP contribution in [0.2, 0.25) is 0 Å². The average molecular weight is 297 g/mol. The molecule has 0 unspecified atom stereocenters. The maximum atomic E-state index is 4.06.